The maximum absolute atomic E-state index is 12.4. The summed E-state index contributed by atoms with van der Waals surface area (Å²) in [5.74, 6) is -0.194. The summed E-state index contributed by atoms with van der Waals surface area (Å²) in [6, 6.07) is 6.61. The molecule has 0 saturated heterocycles. The fraction of sp³-hybridized carbons (Fsp3) is 0.412. The quantitative estimate of drug-likeness (QED) is 0.869. The number of sulfone groups is 1. The van der Waals surface area contributed by atoms with E-state index in [0.717, 1.165) is 5.56 Å². The third kappa shape index (κ3) is 4.23. The third-order valence-corrected chi connectivity index (χ3v) is 4.95. The third-order valence-electron chi connectivity index (χ3n) is 3.82. The normalized spacial score (nSPS) is 13.0. The number of nitrogens with one attached hydrogen (secondary N) is 1. The first kappa shape index (κ1) is 18.2. The van der Waals surface area contributed by atoms with Crippen molar-refractivity contribution in [3.05, 3.63) is 47.8 Å². The van der Waals surface area contributed by atoms with E-state index in [1.54, 1.807) is 41.3 Å². The second-order valence-corrected chi connectivity index (χ2v) is 8.09. The fourth-order valence-electron chi connectivity index (χ4n) is 2.35. The molecule has 0 fully saturated rings. The monoisotopic (exact) mass is 349 g/mol. The molecule has 130 valence electrons. The van der Waals surface area contributed by atoms with Crippen LogP contribution in [0, 0.1) is 0 Å². The lowest BCUT2D eigenvalue weighted by molar-refractivity contribution is 0.0935. The number of benzene rings is 1. The van der Waals surface area contributed by atoms with Crippen LogP contribution in [0.15, 0.2) is 41.6 Å². The van der Waals surface area contributed by atoms with Gasteiger partial charge in [-0.25, -0.2) is 8.42 Å². The highest BCUT2D eigenvalue weighted by Gasteiger charge is 2.17. The molecule has 1 N–H and O–H groups in total. The number of amides is 1. The van der Waals surface area contributed by atoms with Gasteiger partial charge in [0.25, 0.3) is 5.91 Å². The number of hydrogen-bond acceptors (Lipinski definition) is 4. The van der Waals surface area contributed by atoms with Gasteiger partial charge in [0.15, 0.2) is 9.84 Å². The van der Waals surface area contributed by atoms with E-state index in [-0.39, 0.29) is 22.9 Å². The summed E-state index contributed by atoms with van der Waals surface area (Å²) in [6.45, 7) is 5.95. The van der Waals surface area contributed by atoms with E-state index in [0.29, 0.717) is 12.0 Å². The minimum Gasteiger partial charge on any atom is -0.345 e. The molecule has 0 aliphatic carbocycles. The zero-order chi connectivity index (χ0) is 17.9. The number of carbonyl (C=O) groups excluding carboxylic acids is 1. The van der Waals surface area contributed by atoms with Crippen LogP contribution in [-0.2, 0) is 9.84 Å². The van der Waals surface area contributed by atoms with Crippen molar-refractivity contribution in [2.45, 2.75) is 44.2 Å². The van der Waals surface area contributed by atoms with Gasteiger partial charge in [0.2, 0.25) is 0 Å². The number of carbonyl (C=O) groups is 1. The predicted molar refractivity (Wildman–Crippen MR) is 92.7 cm³/mol. The van der Waals surface area contributed by atoms with Gasteiger partial charge in [-0.2, -0.15) is 5.10 Å². The van der Waals surface area contributed by atoms with Crippen molar-refractivity contribution < 1.29 is 13.2 Å². The van der Waals surface area contributed by atoms with Crippen molar-refractivity contribution in [2.24, 2.45) is 0 Å². The van der Waals surface area contributed by atoms with Crippen LogP contribution >= 0.6 is 0 Å². The average Bonchev–Trinajstić information content (AvgIpc) is 3.02. The lowest BCUT2D eigenvalue weighted by atomic mass is 10.0. The van der Waals surface area contributed by atoms with Crippen molar-refractivity contribution >= 4 is 15.7 Å². The smallest absolute Gasteiger partial charge is 0.254 e. The molecule has 1 atom stereocenters. The molecule has 1 aromatic heterocycles. The molecule has 0 aliphatic heterocycles. The molecule has 0 bridgehead atoms. The molecule has 0 radical (unpaired) electrons. The van der Waals surface area contributed by atoms with Gasteiger partial charge < -0.3 is 5.32 Å². The van der Waals surface area contributed by atoms with Crippen molar-refractivity contribution in [3.8, 4) is 0 Å². The maximum atomic E-state index is 12.4. The standard InChI is InChI=1S/C17H23N3O3S/c1-5-16(13-6-8-15(9-7-13)24(4,22)23)19-17(21)14-10-18-20(11-14)12(2)3/h6-12,16H,5H2,1-4H3,(H,19,21). The SMILES string of the molecule is CCC(NC(=O)c1cnn(C(C)C)c1)c1ccc(S(C)(=O)=O)cc1. The first-order valence-electron chi connectivity index (χ1n) is 7.87. The van der Waals surface area contributed by atoms with Crippen molar-refractivity contribution in [2.75, 3.05) is 6.26 Å². The van der Waals surface area contributed by atoms with E-state index in [2.05, 4.69) is 10.4 Å². The van der Waals surface area contributed by atoms with Crippen LogP contribution in [-0.4, -0.2) is 30.4 Å². The van der Waals surface area contributed by atoms with Gasteiger partial charge in [-0.1, -0.05) is 19.1 Å². The van der Waals surface area contributed by atoms with Gasteiger partial charge in [-0.05, 0) is 38.0 Å². The van der Waals surface area contributed by atoms with Crippen molar-refractivity contribution in [3.63, 3.8) is 0 Å². The Morgan fingerprint density at radius 1 is 1.25 bits per heavy atom. The molecular weight excluding hydrogens is 326 g/mol. The van der Waals surface area contributed by atoms with Crippen LogP contribution in [0.25, 0.3) is 0 Å². The molecule has 1 unspecified atom stereocenters. The van der Waals surface area contributed by atoms with Gasteiger partial charge >= 0.3 is 0 Å². The minimum atomic E-state index is -3.22. The van der Waals surface area contributed by atoms with Gasteiger partial charge in [0.05, 0.1) is 22.7 Å². The molecule has 0 aliphatic rings. The lowest BCUT2D eigenvalue weighted by Crippen LogP contribution is -2.28. The van der Waals surface area contributed by atoms with Gasteiger partial charge in [-0.3, -0.25) is 9.48 Å². The summed E-state index contributed by atoms with van der Waals surface area (Å²) in [7, 11) is -3.22. The summed E-state index contributed by atoms with van der Waals surface area (Å²) in [5.41, 5.74) is 1.38. The topological polar surface area (TPSA) is 81.1 Å². The fourth-order valence-corrected chi connectivity index (χ4v) is 2.98. The van der Waals surface area contributed by atoms with Crippen LogP contribution in [0.1, 0.15) is 55.2 Å². The summed E-state index contributed by atoms with van der Waals surface area (Å²) >= 11 is 0. The van der Waals surface area contributed by atoms with Crippen LogP contribution in [0.5, 0.6) is 0 Å². The lowest BCUT2D eigenvalue weighted by Gasteiger charge is -2.17. The van der Waals surface area contributed by atoms with E-state index < -0.39 is 9.84 Å². The molecule has 24 heavy (non-hydrogen) atoms. The maximum Gasteiger partial charge on any atom is 0.254 e. The number of aromatic nitrogens is 2. The predicted octanol–water partition coefficient (Wildman–Crippen LogP) is 2.75. The van der Waals surface area contributed by atoms with Crippen LogP contribution < -0.4 is 5.32 Å². The van der Waals surface area contributed by atoms with Crippen molar-refractivity contribution in [1.82, 2.24) is 15.1 Å². The first-order valence-corrected chi connectivity index (χ1v) is 9.76. The summed E-state index contributed by atoms with van der Waals surface area (Å²) in [4.78, 5) is 12.7. The molecule has 0 saturated carbocycles. The Bertz CT molecular complexity index is 808. The molecule has 2 aromatic rings. The zero-order valence-corrected chi connectivity index (χ0v) is 15.2. The summed E-state index contributed by atoms with van der Waals surface area (Å²) < 4.78 is 24.8. The highest BCUT2D eigenvalue weighted by atomic mass is 32.2. The Morgan fingerprint density at radius 3 is 2.33 bits per heavy atom. The molecule has 7 heteroatoms. The van der Waals surface area contributed by atoms with Crippen LogP contribution in [0.2, 0.25) is 0 Å². The Hall–Kier alpha value is -2.15. The second-order valence-electron chi connectivity index (χ2n) is 6.08. The molecule has 0 spiro atoms. The Kier molecular flexibility index (Phi) is 5.43. The number of hydrogen-bond donors (Lipinski definition) is 1. The van der Waals surface area contributed by atoms with Crippen LogP contribution in [0.4, 0.5) is 0 Å². The molecule has 1 amide bonds. The van der Waals surface area contributed by atoms with Gasteiger partial charge in [0.1, 0.15) is 0 Å². The molecule has 1 aromatic carbocycles. The second kappa shape index (κ2) is 7.17. The molecular formula is C17H23N3O3S. The largest absolute Gasteiger partial charge is 0.345 e. The minimum absolute atomic E-state index is 0.187. The van der Waals surface area contributed by atoms with E-state index in [4.69, 9.17) is 0 Å². The van der Waals surface area contributed by atoms with Gasteiger partial charge in [-0.15, -0.1) is 0 Å². The summed E-state index contributed by atoms with van der Waals surface area (Å²) in [5, 5.41) is 7.14. The molecule has 1 heterocycles. The average molecular weight is 349 g/mol. The highest BCUT2D eigenvalue weighted by Crippen LogP contribution is 2.20. The molecule has 2 rings (SSSR count). The molecule has 6 nitrogen and oxygen atoms in total. The van der Waals surface area contributed by atoms with E-state index >= 15 is 0 Å². The number of nitrogens with zero attached hydrogens (tertiary/aromatic N) is 2. The van der Waals surface area contributed by atoms with Crippen molar-refractivity contribution in [1.29, 1.82) is 0 Å². The highest BCUT2D eigenvalue weighted by molar-refractivity contribution is 7.90. The first-order chi connectivity index (χ1) is 11.2. The Balaban J connectivity index is 2.15. The Morgan fingerprint density at radius 2 is 1.88 bits per heavy atom. The van der Waals surface area contributed by atoms with E-state index in [1.807, 2.05) is 20.8 Å². The van der Waals surface area contributed by atoms with Gasteiger partial charge in [0, 0.05) is 18.5 Å². The Labute approximate surface area is 142 Å². The number of rotatable bonds is 6. The zero-order valence-electron chi connectivity index (χ0n) is 14.4. The van der Waals surface area contributed by atoms with Crippen LogP contribution in [0.3, 0.4) is 0 Å². The van der Waals surface area contributed by atoms with E-state index in [1.165, 1.54) is 6.26 Å². The summed E-state index contributed by atoms with van der Waals surface area (Å²) in [6.07, 6.45) is 5.14. The van der Waals surface area contributed by atoms with E-state index in [9.17, 15) is 13.2 Å².